The van der Waals surface area contributed by atoms with Crippen LogP contribution in [0.3, 0.4) is 0 Å². The summed E-state index contributed by atoms with van der Waals surface area (Å²) < 4.78 is 0. The number of hydrogen-bond donors (Lipinski definition) is 3. The maximum Gasteiger partial charge on any atom is 0.257 e. The third kappa shape index (κ3) is 3.49. The summed E-state index contributed by atoms with van der Waals surface area (Å²) in [5.41, 5.74) is 7.39. The summed E-state index contributed by atoms with van der Waals surface area (Å²) in [5, 5.41) is 11.6. The molecule has 2 aromatic heterocycles. The van der Waals surface area contributed by atoms with E-state index in [1.54, 1.807) is 24.5 Å². The van der Waals surface area contributed by atoms with Crippen molar-refractivity contribution in [2.75, 3.05) is 5.73 Å². The fourth-order valence-corrected chi connectivity index (χ4v) is 1.88. The Bertz CT molecular complexity index is 698. The van der Waals surface area contributed by atoms with E-state index in [0.717, 1.165) is 0 Å². The van der Waals surface area contributed by atoms with E-state index in [0.29, 0.717) is 11.3 Å². The summed E-state index contributed by atoms with van der Waals surface area (Å²) in [7, 11) is 0. The number of nitrogen functional groups attached to an aromatic ring is 1. The van der Waals surface area contributed by atoms with Crippen molar-refractivity contribution >= 4 is 23.2 Å². The zero-order valence-electron chi connectivity index (χ0n) is 11.2. The molecule has 21 heavy (non-hydrogen) atoms. The Labute approximate surface area is 126 Å². The van der Waals surface area contributed by atoms with Gasteiger partial charge in [0.1, 0.15) is 10.9 Å². The fraction of sp³-hybridized carbons (Fsp3) is 0.0714. The molecule has 1 amide bonds. The molecule has 0 aliphatic rings. The summed E-state index contributed by atoms with van der Waals surface area (Å²) in [6.45, 7) is 1.43. The van der Waals surface area contributed by atoms with Crippen LogP contribution in [-0.2, 0) is 0 Å². The molecule has 0 bridgehead atoms. The molecule has 2 heterocycles. The number of aromatic nitrogens is 2. The highest BCUT2D eigenvalue weighted by atomic mass is 35.5. The van der Waals surface area contributed by atoms with Crippen molar-refractivity contribution < 1.29 is 9.90 Å². The lowest BCUT2D eigenvalue weighted by atomic mass is 10.1. The minimum atomic E-state index is -0.490. The van der Waals surface area contributed by atoms with Crippen molar-refractivity contribution in [3.63, 3.8) is 0 Å². The molecule has 7 heteroatoms. The van der Waals surface area contributed by atoms with E-state index in [1.807, 2.05) is 0 Å². The van der Waals surface area contributed by atoms with Crippen LogP contribution in [0.15, 0.2) is 42.6 Å². The summed E-state index contributed by atoms with van der Waals surface area (Å²) >= 11 is 5.95. The highest BCUT2D eigenvalue weighted by molar-refractivity contribution is 6.30. The maximum atomic E-state index is 12.1. The second kappa shape index (κ2) is 6.23. The van der Waals surface area contributed by atoms with Gasteiger partial charge in [0, 0.05) is 24.2 Å². The summed E-state index contributed by atoms with van der Waals surface area (Å²) in [6.07, 6.45) is 4.36. The number of amides is 1. The Hall–Kier alpha value is -2.60. The van der Waals surface area contributed by atoms with Crippen LogP contribution in [0.4, 0.5) is 5.69 Å². The third-order valence-corrected chi connectivity index (χ3v) is 2.81. The second-order valence-corrected chi connectivity index (χ2v) is 4.64. The van der Waals surface area contributed by atoms with Gasteiger partial charge in [-0.2, -0.15) is 0 Å². The number of allylic oxidation sites excluding steroid dienone is 1. The number of nitrogens with one attached hydrogen (secondary N) is 1. The standard InChI is InChI=1S/C14H13ClN4O2/c1-8(20)6-18-14(21)10-5-11(15)19-13(12(10)16)9-3-2-4-17-7-9/h2-7,20H,16H2,1H3,(H,18,21)/b8-6+. The molecule has 4 N–H and O–H groups in total. The first-order valence-corrected chi connectivity index (χ1v) is 6.40. The average molecular weight is 305 g/mol. The summed E-state index contributed by atoms with van der Waals surface area (Å²) in [6, 6.07) is 4.86. The number of carbonyl (C=O) groups is 1. The van der Waals surface area contributed by atoms with Gasteiger partial charge in [0.2, 0.25) is 0 Å². The summed E-state index contributed by atoms with van der Waals surface area (Å²) in [5.74, 6) is -0.523. The Morgan fingerprint density at radius 3 is 2.90 bits per heavy atom. The number of aliphatic hydroxyl groups excluding tert-OH is 1. The van der Waals surface area contributed by atoms with Crippen molar-refractivity contribution in [3.05, 3.63) is 53.3 Å². The molecule has 2 rings (SSSR count). The van der Waals surface area contributed by atoms with Gasteiger partial charge < -0.3 is 16.2 Å². The Morgan fingerprint density at radius 2 is 2.29 bits per heavy atom. The van der Waals surface area contributed by atoms with Gasteiger partial charge in [-0.15, -0.1) is 0 Å². The Balaban J connectivity index is 2.47. The topological polar surface area (TPSA) is 101 Å². The second-order valence-electron chi connectivity index (χ2n) is 4.26. The van der Waals surface area contributed by atoms with Crippen LogP contribution in [0.2, 0.25) is 5.15 Å². The van der Waals surface area contributed by atoms with Crippen LogP contribution >= 0.6 is 11.6 Å². The van der Waals surface area contributed by atoms with E-state index in [4.69, 9.17) is 22.4 Å². The molecule has 0 unspecified atom stereocenters. The lowest BCUT2D eigenvalue weighted by Gasteiger charge is -2.10. The van der Waals surface area contributed by atoms with Crippen LogP contribution in [0.25, 0.3) is 11.3 Å². The first-order chi connectivity index (χ1) is 9.99. The number of halogens is 1. The SMILES string of the molecule is C/C(O)=C\NC(=O)c1cc(Cl)nc(-c2cccnc2)c1N. The smallest absolute Gasteiger partial charge is 0.257 e. The molecule has 0 saturated heterocycles. The first kappa shape index (κ1) is 14.8. The fourth-order valence-electron chi connectivity index (χ4n) is 1.68. The van der Waals surface area contributed by atoms with Crippen LogP contribution in [0, 0.1) is 0 Å². The molecule has 0 aliphatic heterocycles. The molecule has 0 radical (unpaired) electrons. The molecule has 0 fully saturated rings. The Morgan fingerprint density at radius 1 is 1.52 bits per heavy atom. The lowest BCUT2D eigenvalue weighted by Crippen LogP contribution is -2.20. The quantitative estimate of drug-likeness (QED) is 0.597. The van der Waals surface area contributed by atoms with E-state index in [2.05, 4.69) is 15.3 Å². The van der Waals surface area contributed by atoms with Gasteiger partial charge in [-0.25, -0.2) is 4.98 Å². The highest BCUT2D eigenvalue weighted by Gasteiger charge is 2.16. The third-order valence-electron chi connectivity index (χ3n) is 2.62. The number of aliphatic hydroxyl groups is 1. The number of nitrogens with two attached hydrogens (primary N) is 1. The van der Waals surface area contributed by atoms with Crippen molar-refractivity contribution in [2.45, 2.75) is 6.92 Å². The maximum absolute atomic E-state index is 12.1. The van der Waals surface area contributed by atoms with E-state index in [9.17, 15) is 4.79 Å². The molecule has 0 saturated carbocycles. The molecule has 108 valence electrons. The largest absolute Gasteiger partial charge is 0.511 e. The van der Waals surface area contributed by atoms with E-state index < -0.39 is 5.91 Å². The van der Waals surface area contributed by atoms with Gasteiger partial charge in [-0.1, -0.05) is 11.6 Å². The highest BCUT2D eigenvalue weighted by Crippen LogP contribution is 2.28. The van der Waals surface area contributed by atoms with Crippen LogP contribution < -0.4 is 11.1 Å². The van der Waals surface area contributed by atoms with Crippen LogP contribution in [0.1, 0.15) is 17.3 Å². The van der Waals surface area contributed by atoms with Crippen LogP contribution in [0.5, 0.6) is 0 Å². The average Bonchev–Trinajstić information content (AvgIpc) is 2.47. The van der Waals surface area contributed by atoms with Crippen molar-refractivity contribution in [2.24, 2.45) is 0 Å². The first-order valence-electron chi connectivity index (χ1n) is 6.02. The number of nitrogens with zero attached hydrogens (tertiary/aromatic N) is 2. The molecule has 2 aromatic rings. The van der Waals surface area contributed by atoms with Gasteiger partial charge in [-0.05, 0) is 25.1 Å². The van der Waals surface area contributed by atoms with Gasteiger partial charge in [0.15, 0.2) is 0 Å². The van der Waals surface area contributed by atoms with Crippen molar-refractivity contribution in [3.8, 4) is 11.3 Å². The zero-order chi connectivity index (χ0) is 15.4. The van der Waals surface area contributed by atoms with Gasteiger partial charge >= 0.3 is 0 Å². The number of pyridine rings is 2. The molecule has 0 spiro atoms. The minimum absolute atomic E-state index is 0.0328. The number of carbonyl (C=O) groups excluding carboxylic acids is 1. The zero-order valence-corrected chi connectivity index (χ0v) is 11.9. The predicted molar refractivity (Wildman–Crippen MR) is 80.7 cm³/mol. The van der Waals surface area contributed by atoms with Crippen molar-refractivity contribution in [1.82, 2.24) is 15.3 Å². The lowest BCUT2D eigenvalue weighted by molar-refractivity contribution is 0.0969. The molecule has 0 atom stereocenters. The number of anilines is 1. The van der Waals surface area contributed by atoms with Gasteiger partial charge in [0.05, 0.1) is 16.9 Å². The molecular formula is C14H13ClN4O2. The van der Waals surface area contributed by atoms with E-state index in [1.165, 1.54) is 19.2 Å². The molecular weight excluding hydrogens is 292 g/mol. The van der Waals surface area contributed by atoms with Gasteiger partial charge in [0.25, 0.3) is 5.91 Å². The number of hydrogen-bond acceptors (Lipinski definition) is 5. The normalized spacial score (nSPS) is 11.2. The monoisotopic (exact) mass is 304 g/mol. The predicted octanol–water partition coefficient (Wildman–Crippen LogP) is 2.53. The van der Waals surface area contributed by atoms with E-state index >= 15 is 0 Å². The van der Waals surface area contributed by atoms with Crippen molar-refractivity contribution in [1.29, 1.82) is 0 Å². The number of rotatable bonds is 3. The van der Waals surface area contributed by atoms with E-state index in [-0.39, 0.29) is 22.2 Å². The molecule has 6 nitrogen and oxygen atoms in total. The van der Waals surface area contributed by atoms with Crippen LogP contribution in [-0.4, -0.2) is 21.0 Å². The van der Waals surface area contributed by atoms with Gasteiger partial charge in [-0.3, -0.25) is 9.78 Å². The Kier molecular flexibility index (Phi) is 4.39. The molecule has 0 aliphatic carbocycles. The summed E-state index contributed by atoms with van der Waals surface area (Å²) in [4.78, 5) is 20.2. The minimum Gasteiger partial charge on any atom is -0.511 e. The molecule has 0 aromatic carbocycles.